The van der Waals surface area contributed by atoms with Crippen molar-refractivity contribution in [3.63, 3.8) is 0 Å². The summed E-state index contributed by atoms with van der Waals surface area (Å²) >= 11 is 12.0. The highest BCUT2D eigenvalue weighted by Crippen LogP contribution is 2.34. The van der Waals surface area contributed by atoms with Crippen LogP contribution in [0.25, 0.3) is 11.4 Å². The van der Waals surface area contributed by atoms with Gasteiger partial charge in [-0.3, -0.25) is 0 Å². The van der Waals surface area contributed by atoms with Gasteiger partial charge in [-0.15, -0.1) is 10.2 Å². The van der Waals surface area contributed by atoms with Crippen molar-refractivity contribution < 1.29 is 0 Å². The van der Waals surface area contributed by atoms with E-state index in [9.17, 15) is 0 Å². The molecule has 0 spiro atoms. The lowest BCUT2D eigenvalue weighted by atomic mass is 10.1. The molecule has 0 saturated heterocycles. The fourth-order valence-corrected chi connectivity index (χ4v) is 2.22. The van der Waals surface area contributed by atoms with Crippen LogP contribution in [0.15, 0.2) is 12.1 Å². The van der Waals surface area contributed by atoms with Gasteiger partial charge < -0.3 is 10.3 Å². The Kier molecular flexibility index (Phi) is 3.26. The monoisotopic (exact) mass is 270 g/mol. The standard InChI is InChI=1S/C11H12Cl2N4/c1-3-17-6(2)15-16-11(17)8-4-7(12)5-9(13)10(8)14/h4-5H,3,14H2,1-2H3. The van der Waals surface area contributed by atoms with E-state index in [0.29, 0.717) is 27.1 Å². The van der Waals surface area contributed by atoms with E-state index in [-0.39, 0.29) is 0 Å². The minimum Gasteiger partial charge on any atom is -0.397 e. The summed E-state index contributed by atoms with van der Waals surface area (Å²) in [5.74, 6) is 1.52. The summed E-state index contributed by atoms with van der Waals surface area (Å²) in [6, 6.07) is 3.36. The smallest absolute Gasteiger partial charge is 0.166 e. The number of rotatable bonds is 2. The molecule has 0 fully saturated rings. The van der Waals surface area contributed by atoms with Gasteiger partial charge in [0.15, 0.2) is 5.82 Å². The molecule has 2 aromatic rings. The van der Waals surface area contributed by atoms with Crippen molar-refractivity contribution in [3.05, 3.63) is 28.0 Å². The minimum atomic E-state index is 0.427. The summed E-state index contributed by atoms with van der Waals surface area (Å²) in [6.45, 7) is 4.67. The van der Waals surface area contributed by atoms with Crippen LogP contribution in [0.2, 0.25) is 10.0 Å². The number of aryl methyl sites for hydroxylation is 1. The van der Waals surface area contributed by atoms with Crippen molar-refractivity contribution in [1.29, 1.82) is 0 Å². The van der Waals surface area contributed by atoms with E-state index in [2.05, 4.69) is 10.2 Å². The van der Waals surface area contributed by atoms with Crippen LogP contribution < -0.4 is 5.73 Å². The minimum absolute atomic E-state index is 0.427. The molecule has 4 nitrogen and oxygen atoms in total. The normalized spacial score (nSPS) is 10.8. The molecule has 6 heteroatoms. The highest BCUT2D eigenvalue weighted by atomic mass is 35.5. The predicted octanol–water partition coefficient (Wildman–Crippen LogP) is 3.16. The molecular weight excluding hydrogens is 259 g/mol. The molecule has 0 unspecified atom stereocenters. The van der Waals surface area contributed by atoms with E-state index >= 15 is 0 Å². The molecule has 0 aliphatic carbocycles. The lowest BCUT2D eigenvalue weighted by Crippen LogP contribution is -2.02. The number of benzene rings is 1. The second-order valence-corrected chi connectivity index (χ2v) is 4.51. The predicted molar refractivity (Wildman–Crippen MR) is 70.3 cm³/mol. The van der Waals surface area contributed by atoms with Crippen LogP contribution >= 0.6 is 23.2 Å². The molecule has 1 heterocycles. The summed E-state index contributed by atoms with van der Waals surface area (Å²) in [5, 5.41) is 9.11. The zero-order chi connectivity index (χ0) is 12.6. The average Bonchev–Trinajstić information content (AvgIpc) is 2.64. The van der Waals surface area contributed by atoms with Crippen molar-refractivity contribution in [2.45, 2.75) is 20.4 Å². The summed E-state index contributed by atoms with van der Waals surface area (Å²) in [4.78, 5) is 0. The van der Waals surface area contributed by atoms with E-state index < -0.39 is 0 Å². The third-order valence-corrected chi connectivity index (χ3v) is 3.12. The quantitative estimate of drug-likeness (QED) is 0.853. The van der Waals surface area contributed by atoms with E-state index in [1.54, 1.807) is 12.1 Å². The molecule has 2 N–H and O–H groups in total. The molecule has 90 valence electrons. The zero-order valence-corrected chi connectivity index (χ0v) is 11.0. The number of hydrogen-bond acceptors (Lipinski definition) is 3. The Balaban J connectivity index is 2.68. The first-order valence-corrected chi connectivity index (χ1v) is 5.95. The Bertz CT molecular complexity index is 563. The number of nitrogens with two attached hydrogens (primary N) is 1. The third-order valence-electron chi connectivity index (χ3n) is 2.59. The number of nitrogens with zero attached hydrogens (tertiary/aromatic N) is 3. The highest BCUT2D eigenvalue weighted by molar-refractivity contribution is 6.37. The second-order valence-electron chi connectivity index (χ2n) is 3.66. The number of halogens is 2. The Morgan fingerprint density at radius 2 is 2.00 bits per heavy atom. The first-order chi connectivity index (χ1) is 8.04. The van der Waals surface area contributed by atoms with E-state index in [1.807, 2.05) is 18.4 Å². The molecule has 17 heavy (non-hydrogen) atoms. The van der Waals surface area contributed by atoms with E-state index in [1.165, 1.54) is 0 Å². The van der Waals surface area contributed by atoms with Gasteiger partial charge in [-0.2, -0.15) is 0 Å². The van der Waals surface area contributed by atoms with Crippen LogP contribution in [0.1, 0.15) is 12.7 Å². The van der Waals surface area contributed by atoms with Crippen LogP contribution in [-0.2, 0) is 6.54 Å². The molecular formula is C11H12Cl2N4. The molecule has 1 aromatic carbocycles. The Hall–Kier alpha value is -1.26. The second kappa shape index (κ2) is 4.55. The first kappa shape index (κ1) is 12.2. The summed E-state index contributed by atoms with van der Waals surface area (Å²) in [5.41, 5.74) is 7.13. The van der Waals surface area contributed by atoms with Gasteiger partial charge in [-0.05, 0) is 26.0 Å². The lowest BCUT2D eigenvalue weighted by Gasteiger charge is -2.09. The lowest BCUT2D eigenvalue weighted by molar-refractivity contribution is 0.737. The van der Waals surface area contributed by atoms with E-state index in [4.69, 9.17) is 28.9 Å². The topological polar surface area (TPSA) is 56.7 Å². The molecule has 0 amide bonds. The van der Waals surface area contributed by atoms with Crippen LogP contribution in [-0.4, -0.2) is 14.8 Å². The van der Waals surface area contributed by atoms with Gasteiger partial charge in [0.2, 0.25) is 0 Å². The van der Waals surface area contributed by atoms with Crippen molar-refractivity contribution in [3.8, 4) is 11.4 Å². The zero-order valence-electron chi connectivity index (χ0n) is 9.54. The maximum Gasteiger partial charge on any atom is 0.166 e. The van der Waals surface area contributed by atoms with Crippen LogP contribution in [0.5, 0.6) is 0 Å². The largest absolute Gasteiger partial charge is 0.397 e. The van der Waals surface area contributed by atoms with Gasteiger partial charge in [-0.1, -0.05) is 23.2 Å². The van der Waals surface area contributed by atoms with Crippen molar-refractivity contribution >= 4 is 28.9 Å². The Labute approximate surface area is 109 Å². The number of anilines is 1. The van der Waals surface area contributed by atoms with Gasteiger partial charge >= 0.3 is 0 Å². The summed E-state index contributed by atoms with van der Waals surface area (Å²) < 4.78 is 1.96. The Morgan fingerprint density at radius 3 is 2.65 bits per heavy atom. The molecule has 0 atom stereocenters. The van der Waals surface area contributed by atoms with Crippen LogP contribution in [0.3, 0.4) is 0 Å². The van der Waals surface area contributed by atoms with Crippen molar-refractivity contribution in [2.75, 3.05) is 5.73 Å². The van der Waals surface area contributed by atoms with Crippen molar-refractivity contribution in [2.24, 2.45) is 0 Å². The number of hydrogen-bond donors (Lipinski definition) is 1. The van der Waals surface area contributed by atoms with Gasteiger partial charge in [0.25, 0.3) is 0 Å². The average molecular weight is 271 g/mol. The Morgan fingerprint density at radius 1 is 1.29 bits per heavy atom. The van der Waals surface area contributed by atoms with Crippen LogP contribution in [0.4, 0.5) is 5.69 Å². The van der Waals surface area contributed by atoms with Gasteiger partial charge in [0.05, 0.1) is 10.7 Å². The number of nitrogen functional groups attached to an aromatic ring is 1. The molecule has 0 aliphatic rings. The molecule has 0 bridgehead atoms. The highest BCUT2D eigenvalue weighted by Gasteiger charge is 2.15. The van der Waals surface area contributed by atoms with Gasteiger partial charge in [0, 0.05) is 17.1 Å². The molecule has 0 saturated carbocycles. The van der Waals surface area contributed by atoms with E-state index in [0.717, 1.165) is 12.4 Å². The molecule has 0 aliphatic heterocycles. The fourth-order valence-electron chi connectivity index (χ4n) is 1.73. The maximum absolute atomic E-state index is 6.00. The maximum atomic E-state index is 6.00. The summed E-state index contributed by atoms with van der Waals surface area (Å²) in [7, 11) is 0. The van der Waals surface area contributed by atoms with Crippen molar-refractivity contribution in [1.82, 2.24) is 14.8 Å². The summed E-state index contributed by atoms with van der Waals surface area (Å²) in [6.07, 6.45) is 0. The first-order valence-electron chi connectivity index (χ1n) is 5.19. The van der Waals surface area contributed by atoms with Gasteiger partial charge in [0.1, 0.15) is 5.82 Å². The molecule has 0 radical (unpaired) electrons. The molecule has 2 rings (SSSR count). The molecule has 1 aromatic heterocycles. The third kappa shape index (κ3) is 2.10. The van der Waals surface area contributed by atoms with Gasteiger partial charge in [-0.25, -0.2) is 0 Å². The van der Waals surface area contributed by atoms with Crippen LogP contribution in [0, 0.1) is 6.92 Å². The fraction of sp³-hybridized carbons (Fsp3) is 0.273. The SMILES string of the molecule is CCn1c(C)nnc1-c1cc(Cl)cc(Cl)c1N. The number of aromatic nitrogens is 3.